The normalized spacial score (nSPS) is 18.7. The molecule has 3 rings (SSSR count). The van der Waals surface area contributed by atoms with Crippen LogP contribution in [0.1, 0.15) is 5.56 Å². The van der Waals surface area contributed by atoms with E-state index in [1.165, 1.54) is 0 Å². The van der Waals surface area contributed by atoms with Gasteiger partial charge < -0.3 is 19.7 Å². The highest BCUT2D eigenvalue weighted by molar-refractivity contribution is 5.79. The molecule has 0 unspecified atom stereocenters. The Hall–Kier alpha value is -2.16. The summed E-state index contributed by atoms with van der Waals surface area (Å²) in [5.41, 5.74) is 1.03. The van der Waals surface area contributed by atoms with E-state index in [4.69, 9.17) is 9.47 Å². The van der Waals surface area contributed by atoms with Gasteiger partial charge in [-0.25, -0.2) is 0 Å². The summed E-state index contributed by atoms with van der Waals surface area (Å²) in [6.45, 7) is 7.17. The minimum absolute atomic E-state index is 0.00362. The monoisotopic (exact) mass is 390 g/mol. The van der Waals surface area contributed by atoms with Crippen LogP contribution < -0.4 is 10.1 Å². The van der Waals surface area contributed by atoms with Crippen LogP contribution in [-0.2, 0) is 20.9 Å². The van der Waals surface area contributed by atoms with E-state index in [0.29, 0.717) is 45.9 Å². The molecule has 1 aromatic carbocycles. The van der Waals surface area contributed by atoms with Gasteiger partial charge in [-0.15, -0.1) is 0 Å². The molecule has 154 valence electrons. The molecule has 2 aliphatic heterocycles. The van der Waals surface area contributed by atoms with Crippen molar-refractivity contribution >= 4 is 11.8 Å². The molecule has 8 heteroatoms. The summed E-state index contributed by atoms with van der Waals surface area (Å²) in [7, 11) is 1.63. The average molecular weight is 390 g/mol. The molecule has 0 aromatic heterocycles. The number of carbonyl (C=O) groups is 2. The van der Waals surface area contributed by atoms with Crippen LogP contribution in [0.4, 0.5) is 0 Å². The third kappa shape index (κ3) is 6.19. The zero-order chi connectivity index (χ0) is 19.8. The molecule has 0 radical (unpaired) electrons. The highest BCUT2D eigenvalue weighted by Gasteiger charge is 2.24. The molecular weight excluding hydrogens is 360 g/mol. The molecule has 0 atom stereocenters. The standard InChI is InChI=1S/C20H30N4O4/c1-27-18-4-2-17(3-5-18)14-21-19(25)15-22-6-8-24(9-7-22)20(26)16-23-10-12-28-13-11-23/h2-5H,6-16H2,1H3,(H,21,25). The van der Waals surface area contributed by atoms with Crippen molar-refractivity contribution in [2.75, 3.05) is 72.7 Å². The van der Waals surface area contributed by atoms with E-state index in [-0.39, 0.29) is 11.8 Å². The third-order valence-electron chi connectivity index (χ3n) is 5.20. The molecular formula is C20H30N4O4. The minimum atomic E-state index is 0.00362. The van der Waals surface area contributed by atoms with Crippen LogP contribution in [0.5, 0.6) is 5.75 Å². The van der Waals surface area contributed by atoms with Crippen LogP contribution in [-0.4, -0.2) is 99.2 Å². The number of piperazine rings is 1. The van der Waals surface area contributed by atoms with E-state index in [1.54, 1.807) is 7.11 Å². The summed E-state index contributed by atoms with van der Waals surface area (Å²) < 4.78 is 10.5. The fourth-order valence-corrected chi connectivity index (χ4v) is 3.41. The molecule has 8 nitrogen and oxygen atoms in total. The number of nitrogens with zero attached hydrogens (tertiary/aromatic N) is 3. The maximum absolute atomic E-state index is 12.4. The van der Waals surface area contributed by atoms with Gasteiger partial charge in [-0.2, -0.15) is 0 Å². The highest BCUT2D eigenvalue weighted by Crippen LogP contribution is 2.11. The van der Waals surface area contributed by atoms with Crippen LogP contribution in [0.2, 0.25) is 0 Å². The summed E-state index contributed by atoms with van der Waals surface area (Å²) in [5.74, 6) is 0.977. The number of hydrogen-bond acceptors (Lipinski definition) is 6. The lowest BCUT2D eigenvalue weighted by atomic mass is 10.2. The maximum Gasteiger partial charge on any atom is 0.236 e. The van der Waals surface area contributed by atoms with Crippen molar-refractivity contribution in [1.29, 1.82) is 0 Å². The van der Waals surface area contributed by atoms with E-state index in [2.05, 4.69) is 15.1 Å². The van der Waals surface area contributed by atoms with Gasteiger partial charge in [-0.05, 0) is 17.7 Å². The Kier molecular flexibility index (Phi) is 7.64. The minimum Gasteiger partial charge on any atom is -0.497 e. The fraction of sp³-hybridized carbons (Fsp3) is 0.600. The number of carbonyl (C=O) groups excluding carboxylic acids is 2. The Morgan fingerprint density at radius 1 is 0.964 bits per heavy atom. The molecule has 0 spiro atoms. The van der Waals surface area contributed by atoms with Crippen LogP contribution in [0.25, 0.3) is 0 Å². The number of methoxy groups -OCH3 is 1. The van der Waals surface area contributed by atoms with Gasteiger partial charge in [0, 0.05) is 45.8 Å². The molecule has 2 amide bonds. The van der Waals surface area contributed by atoms with E-state index < -0.39 is 0 Å². The zero-order valence-electron chi connectivity index (χ0n) is 16.6. The van der Waals surface area contributed by atoms with Gasteiger partial charge in [0.05, 0.1) is 33.4 Å². The number of rotatable bonds is 7. The molecule has 0 bridgehead atoms. The molecule has 1 N–H and O–H groups in total. The molecule has 2 saturated heterocycles. The molecule has 1 aromatic rings. The summed E-state index contributed by atoms with van der Waals surface area (Å²) in [5, 5.41) is 2.95. The quantitative estimate of drug-likeness (QED) is 0.694. The van der Waals surface area contributed by atoms with Crippen molar-refractivity contribution in [3.8, 4) is 5.75 Å². The number of amides is 2. The van der Waals surface area contributed by atoms with Gasteiger partial charge >= 0.3 is 0 Å². The second kappa shape index (κ2) is 10.4. The van der Waals surface area contributed by atoms with Gasteiger partial charge in [-0.3, -0.25) is 19.4 Å². The molecule has 2 aliphatic rings. The number of hydrogen-bond donors (Lipinski definition) is 1. The number of nitrogens with one attached hydrogen (secondary N) is 1. The number of benzene rings is 1. The van der Waals surface area contributed by atoms with Crippen molar-refractivity contribution < 1.29 is 19.1 Å². The maximum atomic E-state index is 12.4. The van der Waals surface area contributed by atoms with Crippen molar-refractivity contribution in [1.82, 2.24) is 20.0 Å². The first-order chi connectivity index (χ1) is 13.6. The summed E-state index contributed by atoms with van der Waals surface area (Å²) in [4.78, 5) is 30.8. The van der Waals surface area contributed by atoms with Crippen molar-refractivity contribution in [2.45, 2.75) is 6.54 Å². The van der Waals surface area contributed by atoms with Gasteiger partial charge in [0.15, 0.2) is 0 Å². The van der Waals surface area contributed by atoms with Gasteiger partial charge in [-0.1, -0.05) is 12.1 Å². The Morgan fingerprint density at radius 3 is 2.25 bits per heavy atom. The van der Waals surface area contributed by atoms with Crippen molar-refractivity contribution in [3.63, 3.8) is 0 Å². The number of ether oxygens (including phenoxy) is 2. The van der Waals surface area contributed by atoms with Crippen LogP contribution in [0.15, 0.2) is 24.3 Å². The van der Waals surface area contributed by atoms with Gasteiger partial charge in [0.2, 0.25) is 11.8 Å². The largest absolute Gasteiger partial charge is 0.497 e. The van der Waals surface area contributed by atoms with E-state index >= 15 is 0 Å². The average Bonchev–Trinajstić information content (AvgIpc) is 2.74. The molecule has 0 aliphatic carbocycles. The highest BCUT2D eigenvalue weighted by atomic mass is 16.5. The first kappa shape index (κ1) is 20.6. The zero-order valence-corrected chi connectivity index (χ0v) is 16.6. The molecule has 28 heavy (non-hydrogen) atoms. The van der Waals surface area contributed by atoms with Crippen LogP contribution in [0, 0.1) is 0 Å². The summed E-state index contributed by atoms with van der Waals surface area (Å²) in [6, 6.07) is 7.65. The lowest BCUT2D eigenvalue weighted by Crippen LogP contribution is -2.53. The van der Waals surface area contributed by atoms with E-state index in [0.717, 1.165) is 37.5 Å². The molecule has 2 fully saturated rings. The Labute approximate surface area is 166 Å². The van der Waals surface area contributed by atoms with Gasteiger partial charge in [0.25, 0.3) is 0 Å². The van der Waals surface area contributed by atoms with Crippen molar-refractivity contribution in [2.24, 2.45) is 0 Å². The lowest BCUT2D eigenvalue weighted by molar-refractivity contribution is -0.135. The van der Waals surface area contributed by atoms with Crippen LogP contribution >= 0.6 is 0 Å². The second-order valence-electron chi connectivity index (χ2n) is 7.17. The first-order valence-corrected chi connectivity index (χ1v) is 9.84. The molecule has 2 heterocycles. The van der Waals surface area contributed by atoms with E-state index in [1.807, 2.05) is 29.2 Å². The Bertz CT molecular complexity index is 638. The number of morpholine rings is 1. The summed E-state index contributed by atoms with van der Waals surface area (Å²) >= 11 is 0. The molecule has 0 saturated carbocycles. The third-order valence-corrected chi connectivity index (χ3v) is 5.20. The lowest BCUT2D eigenvalue weighted by Gasteiger charge is -2.36. The van der Waals surface area contributed by atoms with Gasteiger partial charge in [0.1, 0.15) is 5.75 Å². The Morgan fingerprint density at radius 2 is 1.61 bits per heavy atom. The predicted octanol–water partition coefficient (Wildman–Crippen LogP) is -0.212. The van der Waals surface area contributed by atoms with E-state index in [9.17, 15) is 9.59 Å². The Balaban J connectivity index is 1.33. The summed E-state index contributed by atoms with van der Waals surface area (Å²) in [6.07, 6.45) is 0. The second-order valence-corrected chi connectivity index (χ2v) is 7.17. The van der Waals surface area contributed by atoms with Crippen molar-refractivity contribution in [3.05, 3.63) is 29.8 Å². The topological polar surface area (TPSA) is 74.4 Å². The SMILES string of the molecule is COc1ccc(CNC(=O)CN2CCN(C(=O)CN3CCOCC3)CC2)cc1. The van der Waals surface area contributed by atoms with Crippen LogP contribution in [0.3, 0.4) is 0 Å². The first-order valence-electron chi connectivity index (χ1n) is 9.84. The predicted molar refractivity (Wildman–Crippen MR) is 105 cm³/mol. The fourth-order valence-electron chi connectivity index (χ4n) is 3.41. The smallest absolute Gasteiger partial charge is 0.236 e.